The van der Waals surface area contributed by atoms with Crippen LogP contribution in [0.3, 0.4) is 0 Å². The van der Waals surface area contributed by atoms with E-state index in [1.807, 2.05) is 29.2 Å². The number of benzene rings is 1. The minimum atomic E-state index is -0.0309. The Balaban J connectivity index is 1.60. The Labute approximate surface area is 150 Å². The predicted octanol–water partition coefficient (Wildman–Crippen LogP) is 2.67. The van der Waals surface area contributed by atoms with Crippen LogP contribution in [0.25, 0.3) is 0 Å². The summed E-state index contributed by atoms with van der Waals surface area (Å²) in [6, 6.07) is 7.94. The third-order valence-corrected chi connectivity index (χ3v) is 5.53. The molecule has 5 nitrogen and oxygen atoms in total. The monoisotopic (exact) mass is 347 g/mol. The standard InChI is InChI=1S/C20H29NO4/c1-23-15-20-10-4-12-25-18(20)9-11-21(14-20)19(22)8-7-16-5-3-6-17(13-16)24-2/h3,5-6,13,18H,4,7-12,14-15H2,1-2H3/t18-,20+/m0/s1. The first-order valence-corrected chi connectivity index (χ1v) is 9.18. The average Bonchev–Trinajstić information content (AvgIpc) is 2.65. The van der Waals surface area contributed by atoms with E-state index in [2.05, 4.69) is 0 Å². The number of hydrogen-bond acceptors (Lipinski definition) is 4. The van der Waals surface area contributed by atoms with Crippen molar-refractivity contribution in [3.05, 3.63) is 29.8 Å². The van der Waals surface area contributed by atoms with E-state index in [9.17, 15) is 4.79 Å². The fourth-order valence-corrected chi connectivity index (χ4v) is 4.24. The first kappa shape index (κ1) is 18.2. The van der Waals surface area contributed by atoms with Crippen LogP contribution in [0.15, 0.2) is 24.3 Å². The Morgan fingerprint density at radius 3 is 3.08 bits per heavy atom. The van der Waals surface area contributed by atoms with Crippen molar-refractivity contribution in [3.8, 4) is 5.75 Å². The Bertz CT molecular complexity index is 587. The summed E-state index contributed by atoms with van der Waals surface area (Å²) in [5.41, 5.74) is 1.10. The number of likely N-dealkylation sites (tertiary alicyclic amines) is 1. The Hall–Kier alpha value is -1.59. The topological polar surface area (TPSA) is 48.0 Å². The van der Waals surface area contributed by atoms with Crippen LogP contribution in [0.1, 0.15) is 31.2 Å². The molecule has 5 heteroatoms. The molecule has 2 heterocycles. The molecule has 0 bridgehead atoms. The molecule has 3 rings (SSSR count). The quantitative estimate of drug-likeness (QED) is 0.794. The molecule has 0 N–H and O–H groups in total. The number of methoxy groups -OCH3 is 2. The Kier molecular flexibility index (Phi) is 5.97. The largest absolute Gasteiger partial charge is 0.497 e. The molecule has 2 saturated heterocycles. The second-order valence-electron chi connectivity index (χ2n) is 7.21. The van der Waals surface area contributed by atoms with Crippen molar-refractivity contribution in [3.63, 3.8) is 0 Å². The van der Waals surface area contributed by atoms with Gasteiger partial charge in [0.15, 0.2) is 0 Å². The van der Waals surface area contributed by atoms with Gasteiger partial charge < -0.3 is 19.1 Å². The van der Waals surface area contributed by atoms with Crippen LogP contribution in [0.5, 0.6) is 5.75 Å². The lowest BCUT2D eigenvalue weighted by Crippen LogP contribution is -2.58. The predicted molar refractivity (Wildman–Crippen MR) is 95.8 cm³/mol. The molecule has 2 aliphatic rings. The number of fused-ring (bicyclic) bond motifs is 1. The summed E-state index contributed by atoms with van der Waals surface area (Å²) in [6.07, 6.45) is 4.53. The molecule has 0 aliphatic carbocycles. The first-order chi connectivity index (χ1) is 12.2. The number of nitrogens with zero attached hydrogens (tertiary/aromatic N) is 1. The van der Waals surface area contributed by atoms with Gasteiger partial charge in [0.2, 0.25) is 5.91 Å². The third-order valence-electron chi connectivity index (χ3n) is 5.53. The van der Waals surface area contributed by atoms with Crippen molar-refractivity contribution in [2.45, 2.75) is 38.2 Å². The van der Waals surface area contributed by atoms with Crippen LogP contribution in [0.2, 0.25) is 0 Å². The molecular formula is C20H29NO4. The molecule has 2 fully saturated rings. The highest BCUT2D eigenvalue weighted by Gasteiger charge is 2.46. The van der Waals surface area contributed by atoms with Gasteiger partial charge in [-0.2, -0.15) is 0 Å². The van der Waals surface area contributed by atoms with Gasteiger partial charge in [0, 0.05) is 38.6 Å². The first-order valence-electron chi connectivity index (χ1n) is 9.18. The minimum absolute atomic E-state index is 0.0309. The highest BCUT2D eigenvalue weighted by molar-refractivity contribution is 5.76. The number of hydrogen-bond donors (Lipinski definition) is 0. The van der Waals surface area contributed by atoms with Gasteiger partial charge in [-0.1, -0.05) is 12.1 Å². The van der Waals surface area contributed by atoms with Gasteiger partial charge in [0.25, 0.3) is 0 Å². The van der Waals surface area contributed by atoms with E-state index in [1.165, 1.54) is 0 Å². The lowest BCUT2D eigenvalue weighted by atomic mass is 9.73. The van der Waals surface area contributed by atoms with Crippen molar-refractivity contribution >= 4 is 5.91 Å². The number of piperidine rings is 1. The number of aryl methyl sites for hydroxylation is 1. The van der Waals surface area contributed by atoms with Crippen LogP contribution in [0.4, 0.5) is 0 Å². The van der Waals surface area contributed by atoms with Crippen molar-refractivity contribution in [2.24, 2.45) is 5.41 Å². The van der Waals surface area contributed by atoms with E-state index in [1.54, 1.807) is 14.2 Å². The molecule has 25 heavy (non-hydrogen) atoms. The molecule has 1 aromatic carbocycles. The number of amides is 1. The van der Waals surface area contributed by atoms with Crippen molar-refractivity contribution in [1.29, 1.82) is 0 Å². The maximum absolute atomic E-state index is 12.8. The zero-order valence-corrected chi connectivity index (χ0v) is 15.3. The Morgan fingerprint density at radius 2 is 2.28 bits per heavy atom. The molecule has 0 saturated carbocycles. The lowest BCUT2D eigenvalue weighted by molar-refractivity contribution is -0.162. The molecular weight excluding hydrogens is 318 g/mol. The molecule has 1 aromatic rings. The summed E-state index contributed by atoms with van der Waals surface area (Å²) in [5, 5.41) is 0. The van der Waals surface area contributed by atoms with Crippen molar-refractivity contribution < 1.29 is 19.0 Å². The van der Waals surface area contributed by atoms with Gasteiger partial charge in [-0.15, -0.1) is 0 Å². The van der Waals surface area contributed by atoms with E-state index >= 15 is 0 Å². The number of carbonyl (C=O) groups excluding carboxylic acids is 1. The molecule has 2 atom stereocenters. The number of ether oxygens (including phenoxy) is 3. The molecule has 2 aliphatic heterocycles. The lowest BCUT2D eigenvalue weighted by Gasteiger charge is -2.50. The highest BCUT2D eigenvalue weighted by atomic mass is 16.5. The summed E-state index contributed by atoms with van der Waals surface area (Å²) in [7, 11) is 3.40. The highest BCUT2D eigenvalue weighted by Crippen LogP contribution is 2.40. The summed E-state index contributed by atoms with van der Waals surface area (Å²) in [4.78, 5) is 14.8. The van der Waals surface area contributed by atoms with Gasteiger partial charge in [-0.05, 0) is 43.4 Å². The van der Waals surface area contributed by atoms with Crippen molar-refractivity contribution in [2.75, 3.05) is 40.5 Å². The van der Waals surface area contributed by atoms with Gasteiger partial charge in [-0.3, -0.25) is 4.79 Å². The summed E-state index contributed by atoms with van der Waals surface area (Å²) in [5.74, 6) is 1.06. The van der Waals surface area contributed by atoms with Gasteiger partial charge >= 0.3 is 0 Å². The maximum Gasteiger partial charge on any atom is 0.222 e. The van der Waals surface area contributed by atoms with Crippen molar-refractivity contribution in [1.82, 2.24) is 4.90 Å². The number of carbonyl (C=O) groups is 1. The van der Waals surface area contributed by atoms with Crippen LogP contribution in [-0.4, -0.2) is 57.4 Å². The van der Waals surface area contributed by atoms with Gasteiger partial charge in [0.1, 0.15) is 5.75 Å². The van der Waals surface area contributed by atoms with E-state index in [0.717, 1.165) is 56.7 Å². The second-order valence-corrected chi connectivity index (χ2v) is 7.21. The van der Waals surface area contributed by atoms with E-state index in [0.29, 0.717) is 13.0 Å². The minimum Gasteiger partial charge on any atom is -0.497 e. The zero-order chi connectivity index (χ0) is 17.7. The normalized spacial score (nSPS) is 26.2. The molecule has 0 spiro atoms. The van der Waals surface area contributed by atoms with E-state index in [4.69, 9.17) is 14.2 Å². The maximum atomic E-state index is 12.8. The summed E-state index contributed by atoms with van der Waals surface area (Å²) < 4.78 is 16.7. The smallest absolute Gasteiger partial charge is 0.222 e. The molecule has 0 radical (unpaired) electrons. The van der Waals surface area contributed by atoms with Crippen LogP contribution < -0.4 is 4.74 Å². The second kappa shape index (κ2) is 8.19. The van der Waals surface area contributed by atoms with E-state index < -0.39 is 0 Å². The average molecular weight is 347 g/mol. The third kappa shape index (κ3) is 4.15. The SMILES string of the molecule is COC[C@]12CCCO[C@H]1CCN(C(=O)CCc1cccc(OC)c1)C2. The molecule has 1 amide bonds. The zero-order valence-electron chi connectivity index (χ0n) is 15.3. The van der Waals surface area contributed by atoms with Crippen LogP contribution in [0, 0.1) is 5.41 Å². The van der Waals surface area contributed by atoms with Crippen LogP contribution in [-0.2, 0) is 20.7 Å². The fraction of sp³-hybridized carbons (Fsp3) is 0.650. The van der Waals surface area contributed by atoms with Crippen LogP contribution >= 0.6 is 0 Å². The van der Waals surface area contributed by atoms with Gasteiger partial charge in [-0.25, -0.2) is 0 Å². The summed E-state index contributed by atoms with van der Waals surface area (Å²) in [6.45, 7) is 3.03. The van der Waals surface area contributed by atoms with Gasteiger partial charge in [0.05, 0.1) is 19.8 Å². The number of rotatable bonds is 6. The van der Waals surface area contributed by atoms with E-state index in [-0.39, 0.29) is 17.4 Å². The molecule has 0 aromatic heterocycles. The molecule has 0 unspecified atom stereocenters. The Morgan fingerprint density at radius 1 is 1.40 bits per heavy atom. The fourth-order valence-electron chi connectivity index (χ4n) is 4.24. The molecule has 138 valence electrons. The summed E-state index contributed by atoms with van der Waals surface area (Å²) >= 11 is 0.